The Morgan fingerprint density at radius 2 is 2.29 bits per heavy atom. The Kier molecular flexibility index (Phi) is 3.66. The number of carbonyl (C=O) groups excluding carboxylic acids is 1. The number of nitrogens with zero attached hydrogens (tertiary/aromatic N) is 2. The summed E-state index contributed by atoms with van der Waals surface area (Å²) in [4.78, 5) is 14.0. The van der Waals surface area contributed by atoms with Gasteiger partial charge in [-0.25, -0.2) is 0 Å². The van der Waals surface area contributed by atoms with Gasteiger partial charge in [-0.05, 0) is 18.9 Å². The second kappa shape index (κ2) is 4.88. The summed E-state index contributed by atoms with van der Waals surface area (Å²) >= 11 is 11.8. The molecular formula is C11H14Cl2N2O2. The van der Waals surface area contributed by atoms with Gasteiger partial charge in [0.1, 0.15) is 10.8 Å². The first-order chi connectivity index (χ1) is 8.06. The van der Waals surface area contributed by atoms with Crippen LogP contribution in [0.3, 0.4) is 0 Å². The number of hydrogen-bond donors (Lipinski definition) is 1. The molecule has 0 radical (unpaired) electrons. The summed E-state index contributed by atoms with van der Waals surface area (Å²) in [6, 6.07) is 1.48. The van der Waals surface area contributed by atoms with Gasteiger partial charge in [-0.2, -0.15) is 0 Å². The molecule has 0 bridgehead atoms. The number of aliphatic hydroxyl groups is 1. The van der Waals surface area contributed by atoms with Crippen LogP contribution in [0.5, 0.6) is 0 Å². The van der Waals surface area contributed by atoms with E-state index in [9.17, 15) is 9.90 Å². The maximum Gasteiger partial charge on any atom is 0.270 e. The van der Waals surface area contributed by atoms with Crippen molar-refractivity contribution in [3.63, 3.8) is 0 Å². The molecule has 4 nitrogen and oxygen atoms in total. The molecule has 1 saturated heterocycles. The highest BCUT2D eigenvalue weighted by molar-refractivity contribution is 6.41. The molecule has 1 fully saturated rings. The monoisotopic (exact) mass is 276 g/mol. The highest BCUT2D eigenvalue weighted by Gasteiger charge is 2.30. The molecule has 17 heavy (non-hydrogen) atoms. The van der Waals surface area contributed by atoms with Crippen molar-refractivity contribution < 1.29 is 9.90 Å². The number of amides is 1. The summed E-state index contributed by atoms with van der Waals surface area (Å²) < 4.78 is 1.57. The van der Waals surface area contributed by atoms with Crippen molar-refractivity contribution in [3.8, 4) is 0 Å². The fraction of sp³-hybridized carbons (Fsp3) is 0.545. The van der Waals surface area contributed by atoms with Crippen molar-refractivity contribution >= 4 is 29.1 Å². The maximum atomic E-state index is 12.3. The lowest BCUT2D eigenvalue weighted by atomic mass is 10.2. The lowest BCUT2D eigenvalue weighted by Crippen LogP contribution is -2.38. The van der Waals surface area contributed by atoms with E-state index in [2.05, 4.69) is 0 Å². The Bertz CT molecular complexity index is 445. The Morgan fingerprint density at radius 1 is 1.59 bits per heavy atom. The van der Waals surface area contributed by atoms with Gasteiger partial charge < -0.3 is 14.6 Å². The van der Waals surface area contributed by atoms with Crippen LogP contribution in [0.1, 0.15) is 23.3 Å². The zero-order valence-corrected chi connectivity index (χ0v) is 11.0. The SMILES string of the molecule is Cn1c(C(=O)N2CCC[C@H]2CO)cc(Cl)c1Cl. The fourth-order valence-electron chi connectivity index (χ4n) is 2.19. The average molecular weight is 277 g/mol. The normalized spacial score (nSPS) is 20.0. The molecule has 1 aliphatic rings. The molecule has 0 aliphatic carbocycles. The van der Waals surface area contributed by atoms with E-state index in [1.54, 1.807) is 22.6 Å². The molecule has 2 heterocycles. The second-order valence-corrected chi connectivity index (χ2v) is 4.97. The van der Waals surface area contributed by atoms with Crippen LogP contribution in [-0.2, 0) is 7.05 Å². The van der Waals surface area contributed by atoms with Crippen LogP contribution in [0.15, 0.2) is 6.07 Å². The standard InChI is InChI=1S/C11H14Cl2N2O2/c1-14-9(5-8(12)10(14)13)11(17)15-4-2-3-7(15)6-16/h5,7,16H,2-4,6H2,1H3/t7-/m0/s1. The van der Waals surface area contributed by atoms with E-state index >= 15 is 0 Å². The zero-order valence-electron chi connectivity index (χ0n) is 9.49. The van der Waals surface area contributed by atoms with Crippen LogP contribution in [-0.4, -0.2) is 39.7 Å². The number of aliphatic hydroxyl groups excluding tert-OH is 1. The van der Waals surface area contributed by atoms with Crippen LogP contribution in [0.25, 0.3) is 0 Å². The molecule has 1 amide bonds. The molecule has 1 aromatic rings. The van der Waals surface area contributed by atoms with E-state index < -0.39 is 0 Å². The maximum absolute atomic E-state index is 12.3. The smallest absolute Gasteiger partial charge is 0.270 e. The molecule has 0 spiro atoms. The third kappa shape index (κ3) is 2.17. The lowest BCUT2D eigenvalue weighted by Gasteiger charge is -2.23. The topological polar surface area (TPSA) is 45.5 Å². The predicted octanol–water partition coefficient (Wildman–Crippen LogP) is 1.93. The quantitative estimate of drug-likeness (QED) is 0.897. The van der Waals surface area contributed by atoms with Gasteiger partial charge in [0.2, 0.25) is 0 Å². The Balaban J connectivity index is 2.28. The van der Waals surface area contributed by atoms with Crippen molar-refractivity contribution in [2.24, 2.45) is 7.05 Å². The fourth-order valence-corrected chi connectivity index (χ4v) is 2.56. The number of halogens is 2. The van der Waals surface area contributed by atoms with E-state index in [4.69, 9.17) is 23.2 Å². The number of likely N-dealkylation sites (tertiary alicyclic amines) is 1. The molecule has 2 rings (SSSR count). The van der Waals surface area contributed by atoms with Crippen molar-refractivity contribution in [2.45, 2.75) is 18.9 Å². The predicted molar refractivity (Wildman–Crippen MR) is 66.6 cm³/mol. The minimum atomic E-state index is -0.127. The van der Waals surface area contributed by atoms with E-state index in [1.807, 2.05) is 0 Å². The Morgan fingerprint density at radius 3 is 2.82 bits per heavy atom. The molecule has 1 aliphatic heterocycles. The summed E-state index contributed by atoms with van der Waals surface area (Å²) in [5.41, 5.74) is 0.459. The molecule has 0 saturated carbocycles. The number of hydrogen-bond acceptors (Lipinski definition) is 2. The van der Waals surface area contributed by atoms with Crippen molar-refractivity contribution in [1.82, 2.24) is 9.47 Å². The first-order valence-electron chi connectivity index (χ1n) is 5.48. The summed E-state index contributed by atoms with van der Waals surface area (Å²) in [6.07, 6.45) is 1.76. The van der Waals surface area contributed by atoms with Crippen LogP contribution in [0.2, 0.25) is 10.2 Å². The van der Waals surface area contributed by atoms with Gasteiger partial charge in [-0.1, -0.05) is 23.2 Å². The van der Waals surface area contributed by atoms with Crippen molar-refractivity contribution in [2.75, 3.05) is 13.2 Å². The number of aromatic nitrogens is 1. The largest absolute Gasteiger partial charge is 0.394 e. The molecule has 1 N–H and O–H groups in total. The molecule has 0 unspecified atom stereocenters. The number of rotatable bonds is 2. The molecule has 0 aromatic carbocycles. The number of carbonyl (C=O) groups is 1. The minimum absolute atomic E-state index is 0.00235. The van der Waals surface area contributed by atoms with Crippen LogP contribution in [0.4, 0.5) is 0 Å². The highest BCUT2D eigenvalue weighted by atomic mass is 35.5. The van der Waals surface area contributed by atoms with Crippen LogP contribution in [0, 0.1) is 0 Å². The summed E-state index contributed by atoms with van der Waals surface area (Å²) in [5.74, 6) is -0.127. The van der Waals surface area contributed by atoms with Crippen molar-refractivity contribution in [1.29, 1.82) is 0 Å². The van der Waals surface area contributed by atoms with Gasteiger partial charge in [0.05, 0.1) is 17.7 Å². The first-order valence-corrected chi connectivity index (χ1v) is 6.24. The first kappa shape index (κ1) is 12.7. The Labute approximate surface area is 110 Å². The summed E-state index contributed by atoms with van der Waals surface area (Å²) in [6.45, 7) is 0.669. The van der Waals surface area contributed by atoms with E-state index in [1.165, 1.54) is 0 Å². The average Bonchev–Trinajstić information content (AvgIpc) is 2.89. The summed E-state index contributed by atoms with van der Waals surface area (Å²) in [5, 5.41) is 9.94. The van der Waals surface area contributed by atoms with Gasteiger partial charge in [-0.3, -0.25) is 4.79 Å². The van der Waals surface area contributed by atoms with Crippen LogP contribution >= 0.6 is 23.2 Å². The van der Waals surface area contributed by atoms with Gasteiger partial charge in [0.15, 0.2) is 0 Å². The third-order valence-electron chi connectivity index (χ3n) is 3.18. The molecule has 1 aromatic heterocycles. The van der Waals surface area contributed by atoms with E-state index in [-0.39, 0.29) is 18.6 Å². The van der Waals surface area contributed by atoms with Gasteiger partial charge >= 0.3 is 0 Å². The Hall–Kier alpha value is -0.710. The molecule has 6 heteroatoms. The molecule has 94 valence electrons. The van der Waals surface area contributed by atoms with Gasteiger partial charge in [0.25, 0.3) is 5.91 Å². The van der Waals surface area contributed by atoms with E-state index in [0.717, 1.165) is 12.8 Å². The highest BCUT2D eigenvalue weighted by Crippen LogP contribution is 2.27. The zero-order chi connectivity index (χ0) is 12.6. The third-order valence-corrected chi connectivity index (χ3v) is 4.03. The summed E-state index contributed by atoms with van der Waals surface area (Å²) in [7, 11) is 1.70. The molecule has 1 atom stereocenters. The van der Waals surface area contributed by atoms with Gasteiger partial charge in [0, 0.05) is 13.6 Å². The molecular weight excluding hydrogens is 263 g/mol. The second-order valence-electron chi connectivity index (χ2n) is 4.20. The van der Waals surface area contributed by atoms with Gasteiger partial charge in [-0.15, -0.1) is 0 Å². The lowest BCUT2D eigenvalue weighted by molar-refractivity contribution is 0.0668. The van der Waals surface area contributed by atoms with E-state index in [0.29, 0.717) is 22.4 Å². The minimum Gasteiger partial charge on any atom is -0.394 e. The van der Waals surface area contributed by atoms with Crippen LogP contribution < -0.4 is 0 Å². The van der Waals surface area contributed by atoms with Crippen molar-refractivity contribution in [3.05, 3.63) is 21.9 Å².